The molecule has 6 heteroatoms. The highest BCUT2D eigenvalue weighted by Crippen LogP contribution is 2.23. The predicted molar refractivity (Wildman–Crippen MR) is 88.6 cm³/mol. The van der Waals surface area contributed by atoms with Crippen LogP contribution >= 0.6 is 0 Å². The molecular weight excluding hydrogens is 292 g/mol. The number of nitrogens with one attached hydrogen (secondary N) is 3. The summed E-state index contributed by atoms with van der Waals surface area (Å²) < 4.78 is 0. The average molecular weight is 312 g/mol. The van der Waals surface area contributed by atoms with Gasteiger partial charge >= 0.3 is 0 Å². The Morgan fingerprint density at radius 2 is 2.13 bits per heavy atom. The van der Waals surface area contributed by atoms with Crippen molar-refractivity contribution in [1.29, 1.82) is 0 Å². The highest BCUT2D eigenvalue weighted by atomic mass is 16.1. The van der Waals surface area contributed by atoms with Gasteiger partial charge in [0.15, 0.2) is 0 Å². The highest BCUT2D eigenvalue weighted by Gasteiger charge is 2.21. The van der Waals surface area contributed by atoms with E-state index in [1.807, 2.05) is 19.9 Å². The molecule has 1 aliphatic rings. The molecule has 1 saturated carbocycles. The fraction of sp³-hybridized carbons (Fsp3) is 0.353. The van der Waals surface area contributed by atoms with Crippen LogP contribution in [0.5, 0.6) is 0 Å². The number of rotatable bonds is 5. The Hall–Kier alpha value is -2.63. The smallest absolute Gasteiger partial charge is 0.253 e. The van der Waals surface area contributed by atoms with E-state index in [9.17, 15) is 9.59 Å². The monoisotopic (exact) mass is 312 g/mol. The summed E-state index contributed by atoms with van der Waals surface area (Å²) in [5.74, 6) is 0.546. The van der Waals surface area contributed by atoms with Gasteiger partial charge < -0.3 is 15.6 Å². The molecule has 0 bridgehead atoms. The molecule has 0 aliphatic heterocycles. The van der Waals surface area contributed by atoms with Gasteiger partial charge in [-0.2, -0.15) is 0 Å². The molecule has 0 aromatic carbocycles. The largest absolute Gasteiger partial charge is 0.367 e. The first-order chi connectivity index (χ1) is 11.0. The number of aromatic nitrogens is 2. The summed E-state index contributed by atoms with van der Waals surface area (Å²) in [6, 6.07) is 5.96. The van der Waals surface area contributed by atoms with E-state index < -0.39 is 0 Å². The van der Waals surface area contributed by atoms with Gasteiger partial charge in [0.1, 0.15) is 5.82 Å². The molecule has 0 spiro atoms. The lowest BCUT2D eigenvalue weighted by Crippen LogP contribution is -2.28. The van der Waals surface area contributed by atoms with Gasteiger partial charge in [-0.15, -0.1) is 0 Å². The van der Waals surface area contributed by atoms with Crippen LogP contribution in [0, 0.1) is 13.8 Å². The summed E-state index contributed by atoms with van der Waals surface area (Å²) in [6.45, 7) is 3.89. The molecule has 2 aromatic rings. The van der Waals surface area contributed by atoms with Gasteiger partial charge in [0.05, 0.1) is 5.56 Å². The molecular formula is C17H20N4O2. The third-order valence-electron chi connectivity index (χ3n) is 3.87. The minimum absolute atomic E-state index is 0.162. The average Bonchev–Trinajstić information content (AvgIpc) is 3.30. The van der Waals surface area contributed by atoms with Crippen LogP contribution in [0.25, 0.3) is 0 Å². The molecule has 0 saturated heterocycles. The van der Waals surface area contributed by atoms with Crippen molar-refractivity contribution in [2.24, 2.45) is 0 Å². The number of pyridine rings is 2. The number of carbonyl (C=O) groups is 1. The second-order valence-electron chi connectivity index (χ2n) is 5.98. The molecule has 3 N–H and O–H groups in total. The van der Waals surface area contributed by atoms with E-state index in [1.165, 1.54) is 12.8 Å². The number of nitrogens with zero attached hydrogens (tertiary/aromatic N) is 1. The maximum absolute atomic E-state index is 12.2. The van der Waals surface area contributed by atoms with E-state index in [4.69, 9.17) is 0 Å². The van der Waals surface area contributed by atoms with Gasteiger partial charge in [0.2, 0.25) is 0 Å². The van der Waals surface area contributed by atoms with Crippen LogP contribution in [0.4, 0.5) is 5.82 Å². The summed E-state index contributed by atoms with van der Waals surface area (Å²) in [5, 5.41) is 6.04. The first-order valence-corrected chi connectivity index (χ1v) is 7.73. The van der Waals surface area contributed by atoms with Crippen molar-refractivity contribution in [2.45, 2.75) is 39.3 Å². The second kappa shape index (κ2) is 6.24. The molecule has 23 heavy (non-hydrogen) atoms. The first kappa shape index (κ1) is 15.3. The van der Waals surface area contributed by atoms with E-state index in [-0.39, 0.29) is 18.0 Å². The Morgan fingerprint density at radius 3 is 2.74 bits per heavy atom. The minimum Gasteiger partial charge on any atom is -0.367 e. The van der Waals surface area contributed by atoms with Crippen molar-refractivity contribution in [3.05, 3.63) is 57.1 Å². The molecule has 2 aromatic heterocycles. The molecule has 0 unspecified atom stereocenters. The molecule has 0 atom stereocenters. The lowest BCUT2D eigenvalue weighted by Gasteiger charge is -2.09. The molecule has 0 radical (unpaired) electrons. The van der Waals surface area contributed by atoms with E-state index in [0.717, 1.165) is 17.1 Å². The van der Waals surface area contributed by atoms with E-state index in [1.54, 1.807) is 18.3 Å². The molecule has 1 fully saturated rings. The summed E-state index contributed by atoms with van der Waals surface area (Å²) in [7, 11) is 0. The van der Waals surface area contributed by atoms with Crippen LogP contribution in [0.1, 0.15) is 40.0 Å². The molecule has 2 heterocycles. The zero-order valence-corrected chi connectivity index (χ0v) is 13.3. The fourth-order valence-electron chi connectivity index (χ4n) is 2.42. The van der Waals surface area contributed by atoms with Gasteiger partial charge in [-0.25, -0.2) is 4.98 Å². The van der Waals surface area contributed by atoms with Gasteiger partial charge in [-0.3, -0.25) is 9.59 Å². The van der Waals surface area contributed by atoms with Crippen LogP contribution in [0.3, 0.4) is 0 Å². The standard InChI is InChI=1S/C17H20N4O2/c1-10-7-11(2)20-17(23)14(10)9-19-16(22)12-3-6-15(18-8-12)21-13-4-5-13/h3,6-8,13H,4-5,9H2,1-2H3,(H,18,21)(H,19,22)(H,20,23). The Labute approximate surface area is 134 Å². The Kier molecular flexibility index (Phi) is 4.14. The van der Waals surface area contributed by atoms with Gasteiger partial charge in [-0.1, -0.05) is 0 Å². The number of carbonyl (C=O) groups excluding carboxylic acids is 1. The third kappa shape index (κ3) is 3.77. The van der Waals surface area contributed by atoms with Crippen molar-refractivity contribution >= 4 is 11.7 Å². The van der Waals surface area contributed by atoms with Crippen molar-refractivity contribution in [3.63, 3.8) is 0 Å². The van der Waals surface area contributed by atoms with Crippen LogP contribution in [0.2, 0.25) is 0 Å². The summed E-state index contributed by atoms with van der Waals surface area (Å²) in [5.41, 5.74) is 2.57. The maximum atomic E-state index is 12.2. The number of H-pyrrole nitrogens is 1. The zero-order valence-electron chi connectivity index (χ0n) is 13.3. The van der Waals surface area contributed by atoms with Crippen LogP contribution in [0.15, 0.2) is 29.2 Å². The topological polar surface area (TPSA) is 86.9 Å². The van der Waals surface area contributed by atoms with Crippen LogP contribution in [-0.4, -0.2) is 21.9 Å². The summed E-state index contributed by atoms with van der Waals surface area (Å²) >= 11 is 0. The minimum atomic E-state index is -0.241. The van der Waals surface area contributed by atoms with Crippen LogP contribution in [-0.2, 0) is 6.54 Å². The van der Waals surface area contributed by atoms with E-state index >= 15 is 0 Å². The SMILES string of the molecule is Cc1cc(C)c(CNC(=O)c2ccc(NC3CC3)nc2)c(=O)[nH]1. The normalized spacial score (nSPS) is 13.7. The molecule has 1 aliphatic carbocycles. The number of hydrogen-bond donors (Lipinski definition) is 3. The lowest BCUT2D eigenvalue weighted by molar-refractivity contribution is 0.0950. The molecule has 1 amide bonds. The third-order valence-corrected chi connectivity index (χ3v) is 3.87. The summed E-state index contributed by atoms with van der Waals surface area (Å²) in [4.78, 5) is 31.1. The van der Waals surface area contributed by atoms with Crippen LogP contribution < -0.4 is 16.2 Å². The maximum Gasteiger partial charge on any atom is 0.253 e. The second-order valence-corrected chi connectivity index (χ2v) is 5.98. The number of aryl methyl sites for hydroxylation is 2. The molecule has 120 valence electrons. The molecule has 3 rings (SSSR count). The van der Waals surface area contributed by atoms with Gasteiger partial charge in [0.25, 0.3) is 11.5 Å². The fourth-order valence-corrected chi connectivity index (χ4v) is 2.42. The Bertz CT molecular complexity index is 776. The number of anilines is 1. The number of hydrogen-bond acceptors (Lipinski definition) is 4. The number of aromatic amines is 1. The van der Waals surface area contributed by atoms with Gasteiger partial charge in [-0.05, 0) is 50.5 Å². The Balaban J connectivity index is 1.64. The predicted octanol–water partition coefficient (Wildman–Crippen LogP) is 1.89. The quantitative estimate of drug-likeness (QED) is 0.787. The highest BCUT2D eigenvalue weighted by molar-refractivity contribution is 5.94. The Morgan fingerprint density at radius 1 is 1.35 bits per heavy atom. The number of amides is 1. The van der Waals surface area contributed by atoms with E-state index in [0.29, 0.717) is 17.2 Å². The van der Waals surface area contributed by atoms with Crippen molar-refractivity contribution in [1.82, 2.24) is 15.3 Å². The van der Waals surface area contributed by atoms with E-state index in [2.05, 4.69) is 20.6 Å². The van der Waals surface area contributed by atoms with Crippen molar-refractivity contribution in [3.8, 4) is 0 Å². The molecule has 6 nitrogen and oxygen atoms in total. The zero-order chi connectivity index (χ0) is 16.4. The summed E-state index contributed by atoms with van der Waals surface area (Å²) in [6.07, 6.45) is 3.90. The first-order valence-electron chi connectivity index (χ1n) is 7.73. The van der Waals surface area contributed by atoms with Gasteiger partial charge in [0, 0.05) is 30.0 Å². The van der Waals surface area contributed by atoms with Crippen molar-refractivity contribution in [2.75, 3.05) is 5.32 Å². The lowest BCUT2D eigenvalue weighted by atomic mass is 10.1. The van der Waals surface area contributed by atoms with Crippen molar-refractivity contribution < 1.29 is 4.79 Å².